The molecule has 8 heteroatoms. The minimum atomic E-state index is -0.446. The second-order valence-corrected chi connectivity index (χ2v) is 7.68. The zero-order chi connectivity index (χ0) is 20.4. The first-order valence-electron chi connectivity index (χ1n) is 8.58. The van der Waals surface area contributed by atoms with E-state index in [0.29, 0.717) is 22.7 Å². The highest BCUT2D eigenvalue weighted by atomic mass is 32.1. The van der Waals surface area contributed by atoms with Crippen LogP contribution in [-0.4, -0.2) is 35.4 Å². The van der Waals surface area contributed by atoms with Crippen LogP contribution < -0.4 is 4.80 Å². The van der Waals surface area contributed by atoms with Crippen LogP contribution >= 0.6 is 11.3 Å². The van der Waals surface area contributed by atoms with Crippen LogP contribution in [0, 0.1) is 19.7 Å². The zero-order valence-corrected chi connectivity index (χ0v) is 16.8. The van der Waals surface area contributed by atoms with Crippen LogP contribution in [0.1, 0.15) is 37.2 Å². The van der Waals surface area contributed by atoms with Gasteiger partial charge in [-0.1, -0.05) is 0 Å². The van der Waals surface area contributed by atoms with Crippen molar-refractivity contribution in [1.29, 1.82) is 0 Å². The van der Waals surface area contributed by atoms with E-state index >= 15 is 0 Å². The Labute approximate surface area is 165 Å². The first-order valence-corrected chi connectivity index (χ1v) is 9.39. The van der Waals surface area contributed by atoms with Gasteiger partial charge in [0.05, 0.1) is 6.54 Å². The van der Waals surface area contributed by atoms with Crippen molar-refractivity contribution in [3.05, 3.63) is 74.7 Å². The third-order valence-electron chi connectivity index (χ3n) is 4.27. The summed E-state index contributed by atoms with van der Waals surface area (Å²) < 4.78 is 20.6. The number of thiazole rings is 1. The fourth-order valence-electron chi connectivity index (χ4n) is 2.57. The third kappa shape index (κ3) is 4.12. The van der Waals surface area contributed by atoms with Gasteiger partial charge in [0.25, 0.3) is 11.8 Å². The molecule has 0 N–H and O–H groups in total. The van der Waals surface area contributed by atoms with Gasteiger partial charge in [-0.2, -0.15) is 4.99 Å². The van der Waals surface area contributed by atoms with Gasteiger partial charge in [-0.25, -0.2) is 4.39 Å². The maximum atomic E-state index is 13.1. The largest absolute Gasteiger partial charge is 0.454 e. The van der Waals surface area contributed by atoms with Crippen molar-refractivity contribution in [2.45, 2.75) is 20.4 Å². The SMILES string of the molecule is Cc1sc(=NC(=O)c2ccc(F)cc2)n(Cc2ccc(C(=O)N(C)C)o2)c1C. The average molecular weight is 401 g/mol. The molecule has 3 rings (SSSR count). The zero-order valence-electron chi connectivity index (χ0n) is 16.0. The number of halogens is 1. The predicted molar refractivity (Wildman–Crippen MR) is 104 cm³/mol. The maximum Gasteiger partial charge on any atom is 0.289 e. The first-order chi connectivity index (χ1) is 13.3. The van der Waals surface area contributed by atoms with Crippen molar-refractivity contribution in [1.82, 2.24) is 9.47 Å². The van der Waals surface area contributed by atoms with Crippen molar-refractivity contribution in [3.8, 4) is 0 Å². The molecule has 0 aliphatic carbocycles. The number of carbonyl (C=O) groups excluding carboxylic acids is 2. The molecule has 0 fully saturated rings. The van der Waals surface area contributed by atoms with Gasteiger partial charge in [0, 0.05) is 30.2 Å². The number of amides is 2. The molecule has 2 amide bonds. The van der Waals surface area contributed by atoms with Crippen molar-refractivity contribution >= 4 is 23.2 Å². The monoisotopic (exact) mass is 401 g/mol. The second kappa shape index (κ2) is 7.93. The van der Waals surface area contributed by atoms with E-state index in [1.807, 2.05) is 18.4 Å². The molecular weight excluding hydrogens is 381 g/mol. The summed E-state index contributed by atoms with van der Waals surface area (Å²) in [6.07, 6.45) is 0. The summed E-state index contributed by atoms with van der Waals surface area (Å²) in [6.45, 7) is 4.22. The van der Waals surface area contributed by atoms with Crippen LogP contribution in [0.3, 0.4) is 0 Å². The summed E-state index contributed by atoms with van der Waals surface area (Å²) in [6, 6.07) is 8.64. The molecule has 2 heterocycles. The second-order valence-electron chi connectivity index (χ2n) is 6.50. The van der Waals surface area contributed by atoms with Crippen molar-refractivity contribution in [3.63, 3.8) is 0 Å². The van der Waals surface area contributed by atoms with Gasteiger partial charge in [0.15, 0.2) is 10.6 Å². The molecule has 0 unspecified atom stereocenters. The molecule has 1 aromatic carbocycles. The van der Waals surface area contributed by atoms with Crippen molar-refractivity contribution < 1.29 is 18.4 Å². The van der Waals surface area contributed by atoms with Gasteiger partial charge in [0.1, 0.15) is 11.6 Å². The van der Waals surface area contributed by atoms with E-state index < -0.39 is 11.7 Å². The number of aryl methyl sites for hydroxylation is 1. The molecule has 6 nitrogen and oxygen atoms in total. The fraction of sp³-hybridized carbons (Fsp3) is 0.250. The van der Waals surface area contributed by atoms with Gasteiger partial charge in [-0.15, -0.1) is 11.3 Å². The molecule has 0 spiro atoms. The Balaban J connectivity index is 1.93. The van der Waals surface area contributed by atoms with E-state index in [1.165, 1.54) is 40.5 Å². The summed E-state index contributed by atoms with van der Waals surface area (Å²) >= 11 is 1.39. The molecular formula is C20H20FN3O3S. The molecule has 0 bridgehead atoms. The van der Waals surface area contributed by atoms with E-state index in [1.54, 1.807) is 26.2 Å². The molecule has 3 aromatic rings. The van der Waals surface area contributed by atoms with Gasteiger partial charge >= 0.3 is 0 Å². The molecule has 0 saturated heterocycles. The Hall–Kier alpha value is -3.00. The summed E-state index contributed by atoms with van der Waals surface area (Å²) in [4.78, 5) is 31.6. The van der Waals surface area contributed by atoms with E-state index in [-0.39, 0.29) is 11.7 Å². The van der Waals surface area contributed by atoms with Crippen molar-refractivity contribution in [2.75, 3.05) is 14.1 Å². The molecule has 2 aromatic heterocycles. The van der Waals surface area contributed by atoms with Gasteiger partial charge in [-0.3, -0.25) is 9.59 Å². The lowest BCUT2D eigenvalue weighted by Crippen LogP contribution is -2.21. The van der Waals surface area contributed by atoms with Gasteiger partial charge < -0.3 is 13.9 Å². The Morgan fingerprint density at radius 1 is 1.14 bits per heavy atom. The Morgan fingerprint density at radius 3 is 2.46 bits per heavy atom. The Morgan fingerprint density at radius 2 is 1.82 bits per heavy atom. The number of hydrogen-bond acceptors (Lipinski definition) is 4. The standard InChI is InChI=1S/C20H20FN3O3S/c1-12-13(2)28-20(22-18(25)14-5-7-15(21)8-6-14)24(12)11-16-9-10-17(27-16)19(26)23(3)4/h5-10H,11H2,1-4H3. The normalized spacial score (nSPS) is 11.7. The van der Waals surface area contributed by atoms with Crippen molar-refractivity contribution in [2.24, 2.45) is 4.99 Å². The van der Waals surface area contributed by atoms with Crippen LogP contribution in [0.4, 0.5) is 4.39 Å². The average Bonchev–Trinajstić information content (AvgIpc) is 3.22. The number of carbonyl (C=O) groups is 2. The van der Waals surface area contributed by atoms with Crippen LogP contribution in [-0.2, 0) is 6.54 Å². The summed E-state index contributed by atoms with van der Waals surface area (Å²) in [5.41, 5.74) is 1.26. The molecule has 28 heavy (non-hydrogen) atoms. The van der Waals surface area contributed by atoms with Crippen LogP contribution in [0.2, 0.25) is 0 Å². The number of aromatic nitrogens is 1. The number of benzene rings is 1. The van der Waals surface area contributed by atoms with Gasteiger partial charge in [-0.05, 0) is 50.2 Å². The predicted octanol–water partition coefficient (Wildman–Crippen LogP) is 3.39. The lowest BCUT2D eigenvalue weighted by molar-refractivity contribution is 0.0794. The fourth-order valence-corrected chi connectivity index (χ4v) is 3.54. The number of furan rings is 1. The highest BCUT2D eigenvalue weighted by Crippen LogP contribution is 2.15. The van der Waals surface area contributed by atoms with Crippen LogP contribution in [0.15, 0.2) is 45.8 Å². The molecule has 0 atom stereocenters. The molecule has 146 valence electrons. The van der Waals surface area contributed by atoms with E-state index in [0.717, 1.165) is 10.6 Å². The minimum absolute atomic E-state index is 0.217. The molecule has 0 aliphatic heterocycles. The Kier molecular flexibility index (Phi) is 5.60. The lowest BCUT2D eigenvalue weighted by Gasteiger charge is -2.07. The highest BCUT2D eigenvalue weighted by molar-refractivity contribution is 7.09. The lowest BCUT2D eigenvalue weighted by atomic mass is 10.2. The smallest absolute Gasteiger partial charge is 0.289 e. The summed E-state index contributed by atoms with van der Waals surface area (Å²) in [7, 11) is 3.31. The topological polar surface area (TPSA) is 67.8 Å². The number of hydrogen-bond donors (Lipinski definition) is 0. The number of rotatable bonds is 4. The van der Waals surface area contributed by atoms with E-state index in [9.17, 15) is 14.0 Å². The maximum absolute atomic E-state index is 13.1. The number of nitrogens with zero attached hydrogens (tertiary/aromatic N) is 3. The van der Waals surface area contributed by atoms with Gasteiger partial charge in [0.2, 0.25) is 0 Å². The first kappa shape index (κ1) is 19.8. The van der Waals surface area contributed by atoms with E-state index in [2.05, 4.69) is 4.99 Å². The molecule has 0 saturated carbocycles. The quantitative estimate of drug-likeness (QED) is 0.673. The summed E-state index contributed by atoms with van der Waals surface area (Å²) in [5, 5.41) is 0. The van der Waals surface area contributed by atoms with Crippen LogP contribution in [0.25, 0.3) is 0 Å². The summed E-state index contributed by atoms with van der Waals surface area (Å²) in [5.74, 6) is -0.230. The minimum Gasteiger partial charge on any atom is -0.454 e. The van der Waals surface area contributed by atoms with Crippen LogP contribution in [0.5, 0.6) is 0 Å². The molecule has 0 radical (unpaired) electrons. The third-order valence-corrected chi connectivity index (χ3v) is 5.37. The highest BCUT2D eigenvalue weighted by Gasteiger charge is 2.15. The van der Waals surface area contributed by atoms with E-state index in [4.69, 9.17) is 4.42 Å². The molecule has 0 aliphatic rings. The Bertz CT molecular complexity index is 1090.